The molecule has 12 aromatic rings. The summed E-state index contributed by atoms with van der Waals surface area (Å²) in [5.74, 6) is 1.39. The molecule has 5 nitrogen and oxygen atoms in total. The third kappa shape index (κ3) is 5.35. The summed E-state index contributed by atoms with van der Waals surface area (Å²) in [6.45, 7) is 0. The monoisotopic (exact) mass is 793 g/mol. The van der Waals surface area contributed by atoms with Crippen LogP contribution in [-0.2, 0) is 0 Å². The van der Waals surface area contributed by atoms with Crippen molar-refractivity contribution in [2.24, 2.45) is 9.98 Å². The maximum atomic E-state index is 6.94. The second kappa shape index (κ2) is 13.6. The Morgan fingerprint density at radius 1 is 0.387 bits per heavy atom. The zero-order chi connectivity index (χ0) is 40.7. The molecule has 0 amide bonds. The van der Waals surface area contributed by atoms with Gasteiger partial charge in [0.1, 0.15) is 28.2 Å². The Labute approximate surface area is 355 Å². The molecule has 1 N–H and O–H groups in total. The summed E-state index contributed by atoms with van der Waals surface area (Å²) in [6, 6.07) is 70.4. The third-order valence-electron chi connectivity index (χ3n) is 12.5. The zero-order valence-corrected chi connectivity index (χ0v) is 33.3. The predicted octanol–water partition coefficient (Wildman–Crippen LogP) is 14.8. The van der Waals surface area contributed by atoms with Gasteiger partial charge in [0, 0.05) is 43.8 Å². The Hall–Kier alpha value is -8.28. The molecule has 1 atom stereocenters. The molecule has 290 valence electrons. The zero-order valence-electron chi connectivity index (χ0n) is 33.3. The lowest BCUT2D eigenvalue weighted by atomic mass is 9.88. The number of benzene rings is 10. The van der Waals surface area contributed by atoms with Gasteiger partial charge < -0.3 is 14.2 Å². The van der Waals surface area contributed by atoms with E-state index in [-0.39, 0.29) is 0 Å². The van der Waals surface area contributed by atoms with Gasteiger partial charge in [-0.3, -0.25) is 0 Å². The fraction of sp³-hybridized carbons (Fsp3) is 0.0175. The van der Waals surface area contributed by atoms with Gasteiger partial charge in [0.15, 0.2) is 12.0 Å². The first-order valence-electron chi connectivity index (χ1n) is 21.0. The number of rotatable bonds is 5. The van der Waals surface area contributed by atoms with E-state index in [0.29, 0.717) is 5.84 Å². The van der Waals surface area contributed by atoms with Crippen molar-refractivity contribution in [3.8, 4) is 22.3 Å². The molecule has 0 radical (unpaired) electrons. The molecule has 13 rings (SSSR count). The van der Waals surface area contributed by atoms with Crippen LogP contribution in [0.25, 0.3) is 98.4 Å². The van der Waals surface area contributed by atoms with E-state index in [1.165, 1.54) is 21.5 Å². The van der Waals surface area contributed by atoms with E-state index in [2.05, 4.69) is 169 Å². The first kappa shape index (κ1) is 34.6. The second-order valence-electron chi connectivity index (χ2n) is 16.0. The molecule has 2 aromatic heterocycles. The van der Waals surface area contributed by atoms with Gasteiger partial charge in [-0.25, -0.2) is 9.98 Å². The number of aliphatic imine (C=N–C) groups is 2. The number of hydrogen-bond acceptors (Lipinski definition) is 5. The molecule has 10 aromatic carbocycles. The van der Waals surface area contributed by atoms with Gasteiger partial charge in [0.2, 0.25) is 0 Å². The van der Waals surface area contributed by atoms with Gasteiger partial charge in [0.05, 0.1) is 0 Å². The van der Waals surface area contributed by atoms with E-state index in [1.807, 2.05) is 36.4 Å². The highest BCUT2D eigenvalue weighted by Gasteiger charge is 2.26. The third-order valence-corrected chi connectivity index (χ3v) is 12.5. The van der Waals surface area contributed by atoms with Crippen molar-refractivity contribution in [2.45, 2.75) is 6.17 Å². The molecule has 3 heterocycles. The maximum absolute atomic E-state index is 6.94. The number of furan rings is 2. The minimum Gasteiger partial charge on any atom is -0.456 e. The predicted molar refractivity (Wildman–Crippen MR) is 256 cm³/mol. The van der Waals surface area contributed by atoms with Crippen molar-refractivity contribution < 1.29 is 8.83 Å². The Balaban J connectivity index is 1.05. The quantitative estimate of drug-likeness (QED) is 0.177. The van der Waals surface area contributed by atoms with E-state index in [9.17, 15) is 0 Å². The van der Waals surface area contributed by atoms with Gasteiger partial charge in [-0.05, 0) is 85.4 Å². The standard InChI is InChI=1S/C57H35N3O2/c1-2-15-34(16-3-1)55-58-56(60-57(59-55)47-26-14-25-44-42-23-10-12-27-50(42)61-53(44)47)37-31-35-17-4-7-20-39(35)48(33-37)43-29-30-45(54-52(43)46-24-11-13-28-51(46)62-54)49-32-36-18-5-6-19-38(36)40-21-8-9-22-41(40)49/h1-33,57H,(H,58,59,60). The summed E-state index contributed by atoms with van der Waals surface area (Å²) in [4.78, 5) is 10.7. The molecular weight excluding hydrogens is 759 g/mol. The van der Waals surface area contributed by atoms with E-state index in [1.54, 1.807) is 0 Å². The lowest BCUT2D eigenvalue weighted by Gasteiger charge is -2.24. The summed E-state index contributed by atoms with van der Waals surface area (Å²) in [5.41, 5.74) is 10.6. The molecule has 0 spiro atoms. The van der Waals surface area contributed by atoms with Crippen molar-refractivity contribution in [3.63, 3.8) is 0 Å². The molecule has 5 heteroatoms. The Morgan fingerprint density at radius 3 is 1.81 bits per heavy atom. The fourth-order valence-electron chi connectivity index (χ4n) is 9.67. The Bertz CT molecular complexity index is 3850. The molecule has 1 aliphatic rings. The number of para-hydroxylation sites is 3. The molecule has 1 aliphatic heterocycles. The molecule has 1 unspecified atom stereocenters. The van der Waals surface area contributed by atoms with Crippen LogP contribution in [0.4, 0.5) is 0 Å². The molecule has 0 saturated heterocycles. The molecule has 0 bridgehead atoms. The lowest BCUT2D eigenvalue weighted by molar-refractivity contribution is 0.628. The van der Waals surface area contributed by atoms with Crippen LogP contribution >= 0.6 is 0 Å². The van der Waals surface area contributed by atoms with Crippen LogP contribution < -0.4 is 5.32 Å². The molecule has 62 heavy (non-hydrogen) atoms. The van der Waals surface area contributed by atoms with E-state index < -0.39 is 6.17 Å². The first-order chi connectivity index (χ1) is 30.7. The summed E-state index contributed by atoms with van der Waals surface area (Å²) < 4.78 is 13.5. The smallest absolute Gasteiger partial charge is 0.159 e. The van der Waals surface area contributed by atoms with Crippen LogP contribution in [0.1, 0.15) is 22.9 Å². The average Bonchev–Trinajstić information content (AvgIpc) is 3.93. The minimum absolute atomic E-state index is 0.461. The van der Waals surface area contributed by atoms with Crippen LogP contribution in [0.5, 0.6) is 0 Å². The van der Waals surface area contributed by atoms with Crippen molar-refractivity contribution in [1.29, 1.82) is 0 Å². The summed E-state index contributed by atoms with van der Waals surface area (Å²) in [6.07, 6.45) is -0.461. The molecular formula is C57H35N3O2. The number of nitrogens with one attached hydrogen (secondary N) is 1. The second-order valence-corrected chi connectivity index (χ2v) is 16.0. The van der Waals surface area contributed by atoms with Gasteiger partial charge in [-0.2, -0.15) is 0 Å². The van der Waals surface area contributed by atoms with Crippen LogP contribution in [-0.4, -0.2) is 11.7 Å². The van der Waals surface area contributed by atoms with Crippen molar-refractivity contribution in [1.82, 2.24) is 5.32 Å². The molecule has 0 aliphatic carbocycles. The highest BCUT2D eigenvalue weighted by atomic mass is 16.3. The topological polar surface area (TPSA) is 63.0 Å². The lowest BCUT2D eigenvalue weighted by Crippen LogP contribution is -2.33. The van der Waals surface area contributed by atoms with Gasteiger partial charge in [0.25, 0.3) is 0 Å². The van der Waals surface area contributed by atoms with Crippen molar-refractivity contribution in [3.05, 3.63) is 217 Å². The van der Waals surface area contributed by atoms with E-state index >= 15 is 0 Å². The van der Waals surface area contributed by atoms with Gasteiger partial charge in [-0.1, -0.05) is 164 Å². The summed E-state index contributed by atoms with van der Waals surface area (Å²) in [5, 5.41) is 15.1. The van der Waals surface area contributed by atoms with Crippen LogP contribution in [0.3, 0.4) is 0 Å². The fourth-order valence-corrected chi connectivity index (χ4v) is 9.67. The Morgan fingerprint density at radius 2 is 0.984 bits per heavy atom. The summed E-state index contributed by atoms with van der Waals surface area (Å²) >= 11 is 0. The number of amidine groups is 2. The van der Waals surface area contributed by atoms with Crippen molar-refractivity contribution in [2.75, 3.05) is 0 Å². The first-order valence-corrected chi connectivity index (χ1v) is 21.0. The average molecular weight is 794 g/mol. The largest absolute Gasteiger partial charge is 0.456 e. The molecule has 0 saturated carbocycles. The van der Waals surface area contributed by atoms with E-state index in [4.69, 9.17) is 18.8 Å². The number of fused-ring (bicyclic) bond motifs is 10. The van der Waals surface area contributed by atoms with Crippen LogP contribution in [0.15, 0.2) is 219 Å². The molecule has 0 fully saturated rings. The van der Waals surface area contributed by atoms with Gasteiger partial charge >= 0.3 is 0 Å². The van der Waals surface area contributed by atoms with Crippen molar-refractivity contribution >= 4 is 87.9 Å². The normalized spacial score (nSPS) is 14.3. The summed E-state index contributed by atoms with van der Waals surface area (Å²) in [7, 11) is 0. The highest BCUT2D eigenvalue weighted by Crippen LogP contribution is 2.46. The van der Waals surface area contributed by atoms with Crippen LogP contribution in [0, 0.1) is 0 Å². The van der Waals surface area contributed by atoms with E-state index in [0.717, 1.165) is 99.4 Å². The number of nitrogens with zero attached hydrogens (tertiary/aromatic N) is 2. The number of hydrogen-bond donors (Lipinski definition) is 1. The minimum atomic E-state index is -0.461. The SMILES string of the molecule is c1ccc(C2=NC(c3cc(-c4ccc(-c5cc6ccccc6c6ccccc56)c5oc6ccccc6c45)c4ccccc4c3)=NC(c3cccc4c3oc3ccccc34)N2)cc1. The maximum Gasteiger partial charge on any atom is 0.159 e. The van der Waals surface area contributed by atoms with Gasteiger partial charge in [-0.15, -0.1) is 0 Å². The van der Waals surface area contributed by atoms with Crippen LogP contribution in [0.2, 0.25) is 0 Å². The Kier molecular flexibility index (Phi) is 7.60. The highest BCUT2D eigenvalue weighted by molar-refractivity contribution is 6.23.